The van der Waals surface area contributed by atoms with E-state index in [-0.39, 0.29) is 5.91 Å². The molecule has 0 unspecified atom stereocenters. The van der Waals surface area contributed by atoms with E-state index in [9.17, 15) is 4.79 Å². The molecular weight excluding hydrogens is 366 g/mol. The number of carbonyl (C=O) groups excluding carboxylic acids is 1. The number of pyridine rings is 1. The van der Waals surface area contributed by atoms with Crippen molar-refractivity contribution in [1.29, 1.82) is 0 Å². The summed E-state index contributed by atoms with van der Waals surface area (Å²) in [5.41, 5.74) is 5.05. The molecule has 1 amide bonds. The van der Waals surface area contributed by atoms with E-state index >= 15 is 0 Å². The molecule has 2 aromatic heterocycles. The Morgan fingerprint density at radius 3 is 2.71 bits per heavy atom. The molecule has 0 spiro atoms. The predicted molar refractivity (Wildman–Crippen MR) is 114 cm³/mol. The van der Waals surface area contributed by atoms with Crippen LogP contribution in [0.4, 0.5) is 0 Å². The minimum Gasteiger partial charge on any atom is -0.352 e. The smallest absolute Gasteiger partial charge is 0.252 e. The number of benzene rings is 2. The normalized spacial score (nSPS) is 13.1. The lowest BCUT2D eigenvalue weighted by atomic mass is 10.0. The minimum absolute atomic E-state index is 0.0287. The van der Waals surface area contributed by atoms with E-state index in [1.807, 2.05) is 42.5 Å². The highest BCUT2D eigenvalue weighted by Gasteiger charge is 2.23. The van der Waals surface area contributed by atoms with Crippen LogP contribution >= 0.6 is 11.3 Å². The molecule has 2 aromatic carbocycles. The van der Waals surface area contributed by atoms with Gasteiger partial charge in [0.05, 0.1) is 26.3 Å². The van der Waals surface area contributed by atoms with Gasteiger partial charge in [-0.1, -0.05) is 30.3 Å². The van der Waals surface area contributed by atoms with Crippen molar-refractivity contribution in [3.05, 3.63) is 70.4 Å². The molecule has 0 atom stereocenters. The Hall–Kier alpha value is -2.79. The molecule has 0 radical (unpaired) electrons. The average Bonchev–Trinajstić information content (AvgIpc) is 3.35. The summed E-state index contributed by atoms with van der Waals surface area (Å²) < 4.78 is 1.22. The number of fused-ring (bicyclic) bond motifs is 3. The first-order chi connectivity index (χ1) is 13.8. The average molecular weight is 388 g/mol. The van der Waals surface area contributed by atoms with Crippen LogP contribution in [0.3, 0.4) is 0 Å². The van der Waals surface area contributed by atoms with Crippen LogP contribution in [0, 0.1) is 0 Å². The summed E-state index contributed by atoms with van der Waals surface area (Å²) in [6, 6.07) is 16.2. The number of nitrogens with zero attached hydrogens (tertiary/aromatic N) is 2. The number of aromatic nitrogens is 2. The quantitative estimate of drug-likeness (QED) is 0.505. The third-order valence-corrected chi connectivity index (χ3v) is 6.43. The topological polar surface area (TPSA) is 54.9 Å². The van der Waals surface area contributed by atoms with Crippen molar-refractivity contribution in [3.63, 3.8) is 0 Å². The first-order valence-electron chi connectivity index (χ1n) is 9.83. The first-order valence-corrected chi connectivity index (χ1v) is 10.6. The highest BCUT2D eigenvalue weighted by atomic mass is 32.1. The number of amides is 1. The van der Waals surface area contributed by atoms with Crippen molar-refractivity contribution in [2.75, 3.05) is 6.54 Å². The Kier molecular flexibility index (Phi) is 4.53. The Morgan fingerprint density at radius 1 is 1.00 bits per heavy atom. The van der Waals surface area contributed by atoms with Gasteiger partial charge in [0, 0.05) is 24.0 Å². The molecule has 1 aliphatic carbocycles. The van der Waals surface area contributed by atoms with Gasteiger partial charge in [0.2, 0.25) is 0 Å². The van der Waals surface area contributed by atoms with Gasteiger partial charge in [-0.3, -0.25) is 9.78 Å². The summed E-state index contributed by atoms with van der Waals surface area (Å²) in [5.74, 6) is 0.0287. The zero-order valence-corrected chi connectivity index (χ0v) is 16.4. The summed E-state index contributed by atoms with van der Waals surface area (Å²) in [6.45, 7) is 0.653. The Balaban J connectivity index is 1.29. The van der Waals surface area contributed by atoms with Crippen molar-refractivity contribution in [1.82, 2.24) is 15.3 Å². The highest BCUT2D eigenvalue weighted by Crippen LogP contribution is 2.30. The molecular formula is C23H21N3OS. The molecule has 0 bridgehead atoms. The zero-order valence-electron chi connectivity index (χ0n) is 15.6. The maximum atomic E-state index is 13.0. The van der Waals surface area contributed by atoms with Gasteiger partial charge in [0.1, 0.15) is 0 Å². The SMILES string of the molecule is O=C(NCCCc1nc2ccccc2s1)c1c2c(nc3ccccc13)CCC2. The second-order valence-electron chi connectivity index (χ2n) is 7.22. The van der Waals surface area contributed by atoms with Crippen molar-refractivity contribution in [2.45, 2.75) is 32.1 Å². The summed E-state index contributed by atoms with van der Waals surface area (Å²) in [6.07, 6.45) is 4.77. The van der Waals surface area contributed by atoms with Crippen molar-refractivity contribution in [3.8, 4) is 0 Å². The van der Waals surface area contributed by atoms with Crippen molar-refractivity contribution >= 4 is 38.4 Å². The van der Waals surface area contributed by atoms with Crippen molar-refractivity contribution in [2.24, 2.45) is 0 Å². The van der Waals surface area contributed by atoms with Crippen LogP contribution in [0.15, 0.2) is 48.5 Å². The lowest BCUT2D eigenvalue weighted by Crippen LogP contribution is -2.26. The molecule has 0 saturated carbocycles. The molecule has 4 aromatic rings. The van der Waals surface area contributed by atoms with Crippen LogP contribution in [-0.4, -0.2) is 22.4 Å². The number of rotatable bonds is 5. The van der Waals surface area contributed by atoms with Crippen molar-refractivity contribution < 1.29 is 4.79 Å². The number of aryl methyl sites for hydroxylation is 2. The minimum atomic E-state index is 0.0287. The lowest BCUT2D eigenvalue weighted by molar-refractivity contribution is 0.0954. The molecule has 5 heteroatoms. The molecule has 1 aliphatic rings. The van der Waals surface area contributed by atoms with E-state index in [1.54, 1.807) is 11.3 Å². The highest BCUT2D eigenvalue weighted by molar-refractivity contribution is 7.18. The number of hydrogen-bond donors (Lipinski definition) is 1. The van der Waals surface area contributed by atoms with E-state index in [1.165, 1.54) is 4.70 Å². The third-order valence-electron chi connectivity index (χ3n) is 5.34. The number of carbonyl (C=O) groups is 1. The fraction of sp³-hybridized carbons (Fsp3) is 0.261. The Bertz CT molecular complexity index is 1150. The van der Waals surface area contributed by atoms with Gasteiger partial charge in [0.25, 0.3) is 5.91 Å². The molecule has 28 heavy (non-hydrogen) atoms. The molecule has 140 valence electrons. The molecule has 2 heterocycles. The molecule has 0 saturated heterocycles. The second kappa shape index (κ2) is 7.32. The molecule has 4 nitrogen and oxygen atoms in total. The molecule has 0 aliphatic heterocycles. The largest absolute Gasteiger partial charge is 0.352 e. The van der Waals surface area contributed by atoms with Gasteiger partial charge < -0.3 is 5.32 Å². The predicted octanol–water partition coefficient (Wildman–Crippen LogP) is 4.70. The van der Waals surface area contributed by atoms with Gasteiger partial charge in [0.15, 0.2) is 0 Å². The van der Waals surface area contributed by atoms with Gasteiger partial charge in [-0.15, -0.1) is 11.3 Å². The van der Waals surface area contributed by atoms with E-state index in [0.717, 1.165) is 70.4 Å². The molecule has 5 rings (SSSR count). The second-order valence-corrected chi connectivity index (χ2v) is 8.33. The standard InChI is InChI=1S/C23H21N3OS/c27-23(24-14-6-13-21-26-19-10-3-4-12-20(19)28-21)22-15-7-1-2-9-17(15)25-18-11-5-8-16(18)22/h1-4,7,9-10,12H,5-6,8,11,13-14H2,(H,24,27). The van der Waals surface area contributed by atoms with Crippen LogP contribution in [0.25, 0.3) is 21.1 Å². The summed E-state index contributed by atoms with van der Waals surface area (Å²) in [4.78, 5) is 22.5. The summed E-state index contributed by atoms with van der Waals surface area (Å²) in [7, 11) is 0. The Labute approximate surface area is 167 Å². The first kappa shape index (κ1) is 17.3. The van der Waals surface area contributed by atoms with Crippen LogP contribution in [0.2, 0.25) is 0 Å². The lowest BCUT2D eigenvalue weighted by Gasteiger charge is -2.12. The van der Waals surface area contributed by atoms with E-state index in [4.69, 9.17) is 4.98 Å². The van der Waals surface area contributed by atoms with Gasteiger partial charge in [-0.25, -0.2) is 4.98 Å². The van der Waals surface area contributed by atoms with Gasteiger partial charge >= 0.3 is 0 Å². The number of thiazole rings is 1. The number of nitrogens with one attached hydrogen (secondary N) is 1. The Morgan fingerprint density at radius 2 is 1.82 bits per heavy atom. The zero-order chi connectivity index (χ0) is 18.9. The number of para-hydroxylation sites is 2. The third kappa shape index (κ3) is 3.16. The van der Waals surface area contributed by atoms with Crippen LogP contribution < -0.4 is 5.32 Å². The summed E-state index contributed by atoms with van der Waals surface area (Å²) in [5, 5.41) is 5.23. The fourth-order valence-electron chi connectivity index (χ4n) is 4.03. The van der Waals surface area contributed by atoms with Gasteiger partial charge in [-0.05, 0) is 49.4 Å². The van der Waals surface area contributed by atoms with E-state index < -0.39 is 0 Å². The maximum absolute atomic E-state index is 13.0. The maximum Gasteiger partial charge on any atom is 0.252 e. The molecule has 1 N–H and O–H groups in total. The van der Waals surface area contributed by atoms with E-state index in [0.29, 0.717) is 6.54 Å². The monoisotopic (exact) mass is 387 g/mol. The van der Waals surface area contributed by atoms with E-state index in [2.05, 4.69) is 16.4 Å². The number of hydrogen-bond acceptors (Lipinski definition) is 4. The van der Waals surface area contributed by atoms with Crippen LogP contribution in [0.5, 0.6) is 0 Å². The fourth-order valence-corrected chi connectivity index (χ4v) is 5.04. The van der Waals surface area contributed by atoms with Crippen LogP contribution in [0.1, 0.15) is 39.5 Å². The van der Waals surface area contributed by atoms with Gasteiger partial charge in [-0.2, -0.15) is 0 Å². The molecule has 0 fully saturated rings. The van der Waals surface area contributed by atoms with Crippen LogP contribution in [-0.2, 0) is 19.3 Å². The summed E-state index contributed by atoms with van der Waals surface area (Å²) >= 11 is 1.74.